The Hall–Kier alpha value is -1.90. The highest BCUT2D eigenvalue weighted by molar-refractivity contribution is 5.92. The van der Waals surface area contributed by atoms with Crippen molar-refractivity contribution in [2.45, 2.75) is 19.4 Å². The van der Waals surface area contributed by atoms with Gasteiger partial charge in [-0.15, -0.1) is 0 Å². The van der Waals surface area contributed by atoms with Crippen molar-refractivity contribution in [3.8, 4) is 11.8 Å². The lowest BCUT2D eigenvalue weighted by Gasteiger charge is -2.08. The summed E-state index contributed by atoms with van der Waals surface area (Å²) in [7, 11) is 0. The van der Waals surface area contributed by atoms with Crippen LogP contribution in [0.25, 0.3) is 0 Å². The number of hydrogen-bond acceptors (Lipinski definition) is 4. The number of anilines is 1. The zero-order chi connectivity index (χ0) is 13.7. The van der Waals surface area contributed by atoms with Gasteiger partial charge in [-0.1, -0.05) is 12.0 Å². The molecule has 2 unspecified atom stereocenters. The Morgan fingerprint density at radius 1 is 1.63 bits per heavy atom. The first kappa shape index (κ1) is 13.5. The summed E-state index contributed by atoms with van der Waals surface area (Å²) in [5, 5.41) is 2.79. The Morgan fingerprint density at radius 3 is 3.16 bits per heavy atom. The number of ether oxygens (including phenoxy) is 1. The third-order valence-corrected chi connectivity index (χ3v) is 2.89. The van der Waals surface area contributed by atoms with Crippen LogP contribution in [0.5, 0.6) is 0 Å². The number of nitrogens with two attached hydrogens (primary N) is 1. The third-order valence-electron chi connectivity index (χ3n) is 2.89. The number of rotatable bonds is 2. The van der Waals surface area contributed by atoms with Crippen molar-refractivity contribution in [1.82, 2.24) is 4.98 Å². The molecule has 0 aromatic carbocycles. The zero-order valence-corrected chi connectivity index (χ0v) is 10.8. The van der Waals surface area contributed by atoms with E-state index in [1.807, 2.05) is 6.92 Å². The van der Waals surface area contributed by atoms with Gasteiger partial charge in [0.25, 0.3) is 0 Å². The fourth-order valence-corrected chi connectivity index (χ4v) is 1.94. The average Bonchev–Trinajstić information content (AvgIpc) is 2.83. The van der Waals surface area contributed by atoms with Gasteiger partial charge in [-0.2, -0.15) is 0 Å². The summed E-state index contributed by atoms with van der Waals surface area (Å²) in [6, 6.07) is 5.32. The van der Waals surface area contributed by atoms with Gasteiger partial charge < -0.3 is 15.8 Å². The lowest BCUT2D eigenvalue weighted by molar-refractivity contribution is -0.119. The van der Waals surface area contributed by atoms with E-state index >= 15 is 0 Å². The number of nitrogens with zero attached hydrogens (tertiary/aromatic N) is 1. The first-order valence-corrected chi connectivity index (χ1v) is 6.27. The molecule has 0 aliphatic carbocycles. The summed E-state index contributed by atoms with van der Waals surface area (Å²) in [4.78, 5) is 16.2. The minimum Gasteiger partial charge on any atom is -0.378 e. The van der Waals surface area contributed by atoms with Crippen molar-refractivity contribution in [3.05, 3.63) is 23.9 Å². The smallest absolute Gasteiger partial charge is 0.231 e. The predicted molar refractivity (Wildman–Crippen MR) is 72.3 cm³/mol. The van der Waals surface area contributed by atoms with Crippen molar-refractivity contribution >= 4 is 11.7 Å². The van der Waals surface area contributed by atoms with Crippen molar-refractivity contribution in [2.75, 3.05) is 18.5 Å². The predicted octanol–water partition coefficient (Wildman–Crippen LogP) is 0.755. The highest BCUT2D eigenvalue weighted by Crippen LogP contribution is 2.20. The molecule has 1 fully saturated rings. The second-order valence-electron chi connectivity index (χ2n) is 4.48. The van der Waals surface area contributed by atoms with Gasteiger partial charge in [0.2, 0.25) is 5.91 Å². The summed E-state index contributed by atoms with van der Waals surface area (Å²) in [5.74, 6) is 5.91. The van der Waals surface area contributed by atoms with Crippen molar-refractivity contribution in [1.29, 1.82) is 0 Å². The molecular weight excluding hydrogens is 242 g/mol. The van der Waals surface area contributed by atoms with E-state index in [0.29, 0.717) is 18.1 Å². The van der Waals surface area contributed by atoms with Crippen LogP contribution in [0.2, 0.25) is 0 Å². The van der Waals surface area contributed by atoms with Gasteiger partial charge in [-0.25, -0.2) is 4.98 Å². The lowest BCUT2D eigenvalue weighted by Crippen LogP contribution is -2.23. The van der Waals surface area contributed by atoms with Crippen LogP contribution in [0.15, 0.2) is 18.2 Å². The van der Waals surface area contributed by atoms with Crippen LogP contribution in [0.1, 0.15) is 19.0 Å². The SMILES string of the molecule is CC1CC(C(=O)Nc2cccc(C#CCN)n2)CO1. The molecule has 0 spiro atoms. The maximum Gasteiger partial charge on any atom is 0.231 e. The molecule has 1 aliphatic rings. The van der Waals surface area contributed by atoms with Crippen LogP contribution >= 0.6 is 0 Å². The highest BCUT2D eigenvalue weighted by Gasteiger charge is 2.28. The van der Waals surface area contributed by atoms with Crippen LogP contribution < -0.4 is 11.1 Å². The zero-order valence-electron chi connectivity index (χ0n) is 10.8. The fourth-order valence-electron chi connectivity index (χ4n) is 1.94. The summed E-state index contributed by atoms with van der Waals surface area (Å²) in [5.41, 5.74) is 5.90. The van der Waals surface area contributed by atoms with Gasteiger partial charge in [0, 0.05) is 0 Å². The fraction of sp³-hybridized carbons (Fsp3) is 0.429. The number of carbonyl (C=O) groups is 1. The molecular formula is C14H17N3O2. The van der Waals surface area contributed by atoms with Gasteiger partial charge in [0.1, 0.15) is 11.5 Å². The molecule has 2 atom stereocenters. The second-order valence-corrected chi connectivity index (χ2v) is 4.48. The summed E-state index contributed by atoms with van der Waals surface area (Å²) < 4.78 is 5.38. The van der Waals surface area contributed by atoms with Crippen LogP contribution in [0, 0.1) is 17.8 Å². The topological polar surface area (TPSA) is 77.2 Å². The van der Waals surface area contributed by atoms with E-state index in [-0.39, 0.29) is 24.5 Å². The molecule has 1 saturated heterocycles. The number of amides is 1. The average molecular weight is 259 g/mol. The van der Waals surface area contributed by atoms with Gasteiger partial charge in [-0.05, 0) is 31.4 Å². The van der Waals surface area contributed by atoms with E-state index < -0.39 is 0 Å². The van der Waals surface area contributed by atoms with Crippen LogP contribution in [0.4, 0.5) is 5.82 Å². The van der Waals surface area contributed by atoms with Crippen LogP contribution in [-0.2, 0) is 9.53 Å². The van der Waals surface area contributed by atoms with Gasteiger partial charge >= 0.3 is 0 Å². The van der Waals surface area contributed by atoms with Crippen molar-refractivity contribution < 1.29 is 9.53 Å². The normalized spacial score (nSPS) is 21.6. The molecule has 0 radical (unpaired) electrons. The van der Waals surface area contributed by atoms with E-state index in [9.17, 15) is 4.79 Å². The van der Waals surface area contributed by atoms with Gasteiger partial charge in [-0.3, -0.25) is 4.79 Å². The number of aromatic nitrogens is 1. The van der Waals surface area contributed by atoms with E-state index in [1.165, 1.54) is 0 Å². The molecule has 5 heteroatoms. The Bertz CT molecular complexity index is 519. The largest absolute Gasteiger partial charge is 0.378 e. The minimum atomic E-state index is -0.101. The maximum absolute atomic E-state index is 12.0. The molecule has 0 saturated carbocycles. The highest BCUT2D eigenvalue weighted by atomic mass is 16.5. The molecule has 1 amide bonds. The van der Waals surface area contributed by atoms with Crippen LogP contribution in [0.3, 0.4) is 0 Å². The number of nitrogens with one attached hydrogen (secondary N) is 1. The minimum absolute atomic E-state index is 0.0548. The Labute approximate surface area is 112 Å². The number of hydrogen-bond donors (Lipinski definition) is 2. The van der Waals surface area contributed by atoms with E-state index in [2.05, 4.69) is 22.1 Å². The van der Waals surface area contributed by atoms with Crippen molar-refractivity contribution in [2.24, 2.45) is 11.7 Å². The van der Waals surface area contributed by atoms with E-state index in [0.717, 1.165) is 6.42 Å². The molecule has 1 aromatic heterocycles. The monoisotopic (exact) mass is 259 g/mol. The third kappa shape index (κ3) is 3.78. The second kappa shape index (κ2) is 6.32. The molecule has 1 aliphatic heterocycles. The summed E-state index contributed by atoms with van der Waals surface area (Å²) >= 11 is 0. The number of pyridine rings is 1. The summed E-state index contributed by atoms with van der Waals surface area (Å²) in [6.45, 7) is 2.73. The van der Waals surface area contributed by atoms with Crippen molar-refractivity contribution in [3.63, 3.8) is 0 Å². The molecule has 1 aromatic rings. The Balaban J connectivity index is 2.00. The molecule has 5 nitrogen and oxygen atoms in total. The van der Waals surface area contributed by atoms with Crippen LogP contribution in [-0.4, -0.2) is 30.1 Å². The molecule has 100 valence electrons. The quantitative estimate of drug-likeness (QED) is 0.769. The molecule has 19 heavy (non-hydrogen) atoms. The Morgan fingerprint density at radius 2 is 2.47 bits per heavy atom. The summed E-state index contributed by atoms with van der Waals surface area (Å²) in [6.07, 6.45) is 0.892. The molecule has 3 N–H and O–H groups in total. The van der Waals surface area contributed by atoms with Gasteiger partial charge in [0.05, 0.1) is 25.2 Å². The van der Waals surface area contributed by atoms with Gasteiger partial charge in [0.15, 0.2) is 0 Å². The molecule has 0 bridgehead atoms. The standard InChI is InChI=1S/C14H17N3O2/c1-10-8-11(9-19-10)14(18)17-13-6-2-4-12(16-13)5-3-7-15/h2,4,6,10-11H,7-9,15H2,1H3,(H,16,17,18). The molecule has 2 heterocycles. The first-order valence-electron chi connectivity index (χ1n) is 6.27. The van der Waals surface area contributed by atoms with E-state index in [4.69, 9.17) is 10.5 Å². The Kier molecular flexibility index (Phi) is 4.50. The first-order chi connectivity index (χ1) is 9.19. The lowest BCUT2D eigenvalue weighted by atomic mass is 10.1. The number of carbonyl (C=O) groups excluding carboxylic acids is 1. The van der Waals surface area contributed by atoms with E-state index in [1.54, 1.807) is 18.2 Å². The molecule has 2 rings (SSSR count). The maximum atomic E-state index is 12.0.